The molecular formula is C24H20N2O5. The highest BCUT2D eigenvalue weighted by Crippen LogP contribution is 2.27. The highest BCUT2D eigenvalue weighted by molar-refractivity contribution is 5.80. The molecule has 0 saturated carbocycles. The van der Waals surface area contributed by atoms with Gasteiger partial charge in [-0.2, -0.15) is 0 Å². The average Bonchev–Trinajstić information content (AvgIpc) is 2.80. The summed E-state index contributed by atoms with van der Waals surface area (Å²) < 4.78 is 17.1. The number of benzene rings is 2. The molecule has 7 nitrogen and oxygen atoms in total. The van der Waals surface area contributed by atoms with Crippen LogP contribution in [0.4, 0.5) is 0 Å². The van der Waals surface area contributed by atoms with Crippen molar-refractivity contribution < 1.29 is 18.7 Å². The van der Waals surface area contributed by atoms with Gasteiger partial charge in [0.2, 0.25) is 11.2 Å². The Hall–Kier alpha value is -4.13. The second-order valence-corrected chi connectivity index (χ2v) is 6.82. The maximum Gasteiger partial charge on any atom is 0.258 e. The fourth-order valence-corrected chi connectivity index (χ4v) is 2.99. The van der Waals surface area contributed by atoms with Crippen LogP contribution in [0.5, 0.6) is 17.2 Å². The molecule has 0 unspecified atom stereocenters. The predicted octanol–water partition coefficient (Wildman–Crippen LogP) is 3.98. The molecule has 156 valence electrons. The second-order valence-electron chi connectivity index (χ2n) is 6.82. The van der Waals surface area contributed by atoms with Gasteiger partial charge >= 0.3 is 0 Å². The van der Waals surface area contributed by atoms with E-state index in [4.69, 9.17) is 13.9 Å². The van der Waals surface area contributed by atoms with Crippen LogP contribution in [0, 0.1) is 6.92 Å². The van der Waals surface area contributed by atoms with Crippen molar-refractivity contribution in [2.24, 2.45) is 0 Å². The number of fused-ring (bicyclic) bond motifs is 1. The minimum atomic E-state index is -0.275. The van der Waals surface area contributed by atoms with Crippen molar-refractivity contribution in [3.05, 3.63) is 94.6 Å². The molecule has 1 amide bonds. The van der Waals surface area contributed by atoms with Crippen LogP contribution in [-0.2, 0) is 11.3 Å². The molecule has 4 aromatic rings. The highest BCUT2D eigenvalue weighted by atomic mass is 16.5. The first kappa shape index (κ1) is 20.2. The van der Waals surface area contributed by atoms with E-state index in [0.717, 1.165) is 5.56 Å². The Labute approximate surface area is 178 Å². The number of carbonyl (C=O) groups is 1. The van der Waals surface area contributed by atoms with E-state index in [1.807, 2.05) is 24.3 Å². The molecular weight excluding hydrogens is 396 g/mol. The summed E-state index contributed by atoms with van der Waals surface area (Å²) >= 11 is 0. The van der Waals surface area contributed by atoms with Crippen LogP contribution in [0.15, 0.2) is 82.3 Å². The Kier molecular flexibility index (Phi) is 5.93. The van der Waals surface area contributed by atoms with E-state index in [1.165, 1.54) is 0 Å². The topological polar surface area (TPSA) is 90.7 Å². The quantitative estimate of drug-likeness (QED) is 0.490. The molecule has 0 radical (unpaired) electrons. The number of hydrogen-bond acceptors (Lipinski definition) is 6. The molecule has 2 aromatic heterocycles. The minimum absolute atomic E-state index is 0.141. The Balaban J connectivity index is 1.45. The van der Waals surface area contributed by atoms with E-state index >= 15 is 0 Å². The zero-order valence-electron chi connectivity index (χ0n) is 16.8. The molecule has 0 aliphatic rings. The average molecular weight is 416 g/mol. The van der Waals surface area contributed by atoms with Crippen LogP contribution in [0.1, 0.15) is 11.3 Å². The first-order valence-corrected chi connectivity index (χ1v) is 9.69. The van der Waals surface area contributed by atoms with Crippen molar-refractivity contribution in [3.8, 4) is 17.2 Å². The zero-order chi connectivity index (χ0) is 21.6. The molecule has 4 rings (SSSR count). The van der Waals surface area contributed by atoms with E-state index in [2.05, 4.69) is 10.3 Å². The van der Waals surface area contributed by atoms with Gasteiger partial charge in [0.15, 0.2) is 6.61 Å². The van der Waals surface area contributed by atoms with E-state index in [1.54, 1.807) is 55.7 Å². The van der Waals surface area contributed by atoms with Crippen LogP contribution in [0.25, 0.3) is 11.0 Å². The van der Waals surface area contributed by atoms with Gasteiger partial charge in [0.25, 0.3) is 5.91 Å². The van der Waals surface area contributed by atoms with Gasteiger partial charge in [-0.3, -0.25) is 14.6 Å². The van der Waals surface area contributed by atoms with Crippen molar-refractivity contribution in [2.75, 3.05) is 6.61 Å². The molecule has 0 atom stereocenters. The van der Waals surface area contributed by atoms with Gasteiger partial charge in [-0.1, -0.05) is 24.3 Å². The fraction of sp³-hybridized carbons (Fsp3) is 0.125. The molecule has 2 heterocycles. The van der Waals surface area contributed by atoms with Gasteiger partial charge in [-0.05, 0) is 42.8 Å². The van der Waals surface area contributed by atoms with Gasteiger partial charge < -0.3 is 19.2 Å². The number of aromatic nitrogens is 1. The molecule has 0 spiro atoms. The van der Waals surface area contributed by atoms with Crippen molar-refractivity contribution in [3.63, 3.8) is 0 Å². The number of rotatable bonds is 7. The maximum absolute atomic E-state index is 12.9. The normalized spacial score (nSPS) is 10.6. The summed E-state index contributed by atoms with van der Waals surface area (Å²) in [7, 11) is 0. The number of ether oxygens (including phenoxy) is 2. The standard InChI is InChI=1S/C24H20N2O5/c1-16-24(31-18-7-3-2-4-8-18)23(28)20-10-9-19(12-21(20)30-16)29-15-22(27)26-14-17-6-5-11-25-13-17/h2-13H,14-15H2,1H3,(H,26,27). The summed E-state index contributed by atoms with van der Waals surface area (Å²) in [4.78, 5) is 28.9. The third-order valence-electron chi connectivity index (χ3n) is 4.53. The molecule has 2 aromatic carbocycles. The molecule has 31 heavy (non-hydrogen) atoms. The summed E-state index contributed by atoms with van der Waals surface area (Å²) in [5.41, 5.74) is 0.979. The Bertz CT molecular complexity index is 1250. The number of aryl methyl sites for hydroxylation is 1. The summed E-state index contributed by atoms with van der Waals surface area (Å²) in [5.74, 6) is 1.20. The summed E-state index contributed by atoms with van der Waals surface area (Å²) in [5, 5.41) is 3.13. The molecule has 1 N–H and O–H groups in total. The molecule has 0 fully saturated rings. The number of amides is 1. The lowest BCUT2D eigenvalue weighted by molar-refractivity contribution is -0.123. The SMILES string of the molecule is Cc1oc2cc(OCC(=O)NCc3cccnc3)ccc2c(=O)c1Oc1ccccc1. The Morgan fingerprint density at radius 1 is 1.06 bits per heavy atom. The lowest BCUT2D eigenvalue weighted by Gasteiger charge is -2.10. The minimum Gasteiger partial charge on any atom is -0.484 e. The second kappa shape index (κ2) is 9.13. The first-order chi connectivity index (χ1) is 15.1. The summed E-state index contributed by atoms with van der Waals surface area (Å²) in [6, 6.07) is 17.5. The van der Waals surface area contributed by atoms with Gasteiger partial charge in [-0.15, -0.1) is 0 Å². The number of nitrogens with zero attached hydrogens (tertiary/aromatic N) is 1. The van der Waals surface area contributed by atoms with E-state index in [0.29, 0.717) is 34.8 Å². The molecule has 0 saturated heterocycles. The number of para-hydroxylation sites is 1. The van der Waals surface area contributed by atoms with Gasteiger partial charge in [0.1, 0.15) is 22.8 Å². The molecule has 7 heteroatoms. The first-order valence-electron chi connectivity index (χ1n) is 9.69. The third kappa shape index (κ3) is 4.90. The fourth-order valence-electron chi connectivity index (χ4n) is 2.99. The van der Waals surface area contributed by atoms with Crippen LogP contribution < -0.4 is 20.2 Å². The molecule has 0 aliphatic heterocycles. The Morgan fingerprint density at radius 2 is 1.90 bits per heavy atom. The monoisotopic (exact) mass is 416 g/mol. The lowest BCUT2D eigenvalue weighted by atomic mass is 10.2. The van der Waals surface area contributed by atoms with Crippen LogP contribution >= 0.6 is 0 Å². The van der Waals surface area contributed by atoms with E-state index < -0.39 is 0 Å². The van der Waals surface area contributed by atoms with Gasteiger partial charge in [-0.25, -0.2) is 0 Å². The van der Waals surface area contributed by atoms with Gasteiger partial charge in [0.05, 0.1) is 5.39 Å². The van der Waals surface area contributed by atoms with Crippen molar-refractivity contribution in [1.82, 2.24) is 10.3 Å². The highest BCUT2D eigenvalue weighted by Gasteiger charge is 2.15. The third-order valence-corrected chi connectivity index (χ3v) is 4.53. The van der Waals surface area contributed by atoms with Crippen LogP contribution in [-0.4, -0.2) is 17.5 Å². The summed E-state index contributed by atoms with van der Waals surface area (Å²) in [6.07, 6.45) is 3.36. The van der Waals surface area contributed by atoms with E-state index in [9.17, 15) is 9.59 Å². The zero-order valence-corrected chi connectivity index (χ0v) is 16.8. The number of pyridine rings is 1. The Morgan fingerprint density at radius 3 is 2.68 bits per heavy atom. The van der Waals surface area contributed by atoms with Crippen molar-refractivity contribution in [2.45, 2.75) is 13.5 Å². The summed E-state index contributed by atoms with van der Waals surface area (Å²) in [6.45, 7) is 1.87. The number of hydrogen-bond donors (Lipinski definition) is 1. The van der Waals surface area contributed by atoms with Crippen LogP contribution in [0.2, 0.25) is 0 Å². The van der Waals surface area contributed by atoms with Crippen LogP contribution in [0.3, 0.4) is 0 Å². The molecule has 0 bridgehead atoms. The number of carbonyl (C=O) groups excluding carboxylic acids is 1. The van der Waals surface area contributed by atoms with Crippen molar-refractivity contribution in [1.29, 1.82) is 0 Å². The van der Waals surface area contributed by atoms with Gasteiger partial charge in [0, 0.05) is 25.0 Å². The smallest absolute Gasteiger partial charge is 0.258 e. The lowest BCUT2D eigenvalue weighted by Crippen LogP contribution is -2.28. The van der Waals surface area contributed by atoms with Crippen molar-refractivity contribution >= 4 is 16.9 Å². The molecule has 0 aliphatic carbocycles. The number of nitrogens with one attached hydrogen (secondary N) is 1. The maximum atomic E-state index is 12.9. The predicted molar refractivity (Wildman–Crippen MR) is 115 cm³/mol. The van der Waals surface area contributed by atoms with E-state index in [-0.39, 0.29) is 23.7 Å². The largest absolute Gasteiger partial charge is 0.484 e.